The summed E-state index contributed by atoms with van der Waals surface area (Å²) in [5, 5.41) is 10.7. The van der Waals surface area contributed by atoms with Gasteiger partial charge in [-0.05, 0) is 54.2 Å². The molecule has 1 aromatic heterocycles. The van der Waals surface area contributed by atoms with E-state index in [1.165, 1.54) is 18.4 Å². The van der Waals surface area contributed by atoms with Gasteiger partial charge in [-0.25, -0.2) is 4.79 Å². The molecule has 0 radical (unpaired) electrons. The number of hydrogen-bond acceptors (Lipinski definition) is 5. The molecule has 1 heterocycles. The third kappa shape index (κ3) is 4.95. The van der Waals surface area contributed by atoms with Crippen LogP contribution < -0.4 is 5.32 Å². The number of benzene rings is 3. The van der Waals surface area contributed by atoms with Gasteiger partial charge in [0.2, 0.25) is 5.95 Å². The zero-order valence-electron chi connectivity index (χ0n) is 19.8. The second kappa shape index (κ2) is 9.72. The van der Waals surface area contributed by atoms with Crippen molar-refractivity contribution in [2.75, 3.05) is 19.0 Å². The van der Waals surface area contributed by atoms with Crippen LogP contribution in [0.3, 0.4) is 0 Å². The lowest BCUT2D eigenvalue weighted by molar-refractivity contribution is 0.121. The lowest BCUT2D eigenvalue weighted by Crippen LogP contribution is -2.18. The van der Waals surface area contributed by atoms with Crippen LogP contribution in [0.15, 0.2) is 85.2 Å². The molecule has 1 saturated carbocycles. The minimum Gasteiger partial charge on any atom is -0.441 e. The Morgan fingerprint density at radius 2 is 1.66 bits per heavy atom. The van der Waals surface area contributed by atoms with Crippen LogP contribution in [0.5, 0.6) is 0 Å². The number of carbonyl (C=O) groups is 1. The van der Waals surface area contributed by atoms with Gasteiger partial charge >= 0.3 is 6.09 Å². The maximum atomic E-state index is 12.4. The highest BCUT2D eigenvalue weighted by atomic mass is 16.6. The van der Waals surface area contributed by atoms with E-state index in [0.717, 1.165) is 29.0 Å². The zero-order valence-corrected chi connectivity index (χ0v) is 19.8. The van der Waals surface area contributed by atoms with Gasteiger partial charge < -0.3 is 9.47 Å². The van der Waals surface area contributed by atoms with E-state index in [4.69, 9.17) is 9.47 Å². The van der Waals surface area contributed by atoms with Crippen LogP contribution in [0.2, 0.25) is 0 Å². The number of amides is 1. The molecule has 1 N–H and O–H groups in total. The molecule has 1 aliphatic carbocycles. The van der Waals surface area contributed by atoms with E-state index in [0.29, 0.717) is 5.95 Å². The summed E-state index contributed by atoms with van der Waals surface area (Å²) in [7, 11) is 1.76. The average molecular weight is 469 g/mol. The van der Waals surface area contributed by atoms with Gasteiger partial charge in [0.25, 0.3) is 0 Å². The van der Waals surface area contributed by atoms with Crippen LogP contribution in [0, 0.1) is 0 Å². The van der Waals surface area contributed by atoms with Crippen LogP contribution in [-0.4, -0.2) is 34.6 Å². The molecule has 1 amide bonds. The smallest absolute Gasteiger partial charge is 0.414 e. The number of aromatic nitrogens is 3. The maximum Gasteiger partial charge on any atom is 0.414 e. The number of rotatable bonds is 8. The third-order valence-electron chi connectivity index (χ3n) is 6.56. The summed E-state index contributed by atoms with van der Waals surface area (Å²) in [5.74, 6) is 0.292. The van der Waals surface area contributed by atoms with Crippen LogP contribution in [-0.2, 0) is 14.9 Å². The SMILES string of the molecule is COCC1(c2ccc(-c3ccc(-n4cnnc4NC(=O)OC(C)c4ccccc4)cc3)cc2)CC1. The van der Waals surface area contributed by atoms with E-state index in [1.54, 1.807) is 18.0 Å². The van der Waals surface area contributed by atoms with Gasteiger partial charge in [0.05, 0.1) is 12.3 Å². The average Bonchev–Trinajstić information content (AvgIpc) is 3.54. The Kier molecular flexibility index (Phi) is 6.33. The Balaban J connectivity index is 1.26. The number of nitrogens with zero attached hydrogens (tertiary/aromatic N) is 3. The molecular weight excluding hydrogens is 440 g/mol. The number of carbonyl (C=O) groups excluding carboxylic acids is 1. The number of anilines is 1. The highest BCUT2D eigenvalue weighted by Crippen LogP contribution is 2.48. The number of nitrogens with one attached hydrogen (secondary N) is 1. The van der Waals surface area contributed by atoms with Crippen LogP contribution in [0.1, 0.15) is 37.0 Å². The van der Waals surface area contributed by atoms with E-state index in [9.17, 15) is 4.79 Å². The van der Waals surface area contributed by atoms with E-state index in [2.05, 4.69) is 39.8 Å². The van der Waals surface area contributed by atoms with Gasteiger partial charge in [-0.3, -0.25) is 9.88 Å². The first-order valence-electron chi connectivity index (χ1n) is 11.7. The summed E-state index contributed by atoms with van der Waals surface area (Å²) in [6, 6.07) is 26.4. The fourth-order valence-electron chi connectivity index (χ4n) is 4.36. The van der Waals surface area contributed by atoms with Crippen molar-refractivity contribution in [2.24, 2.45) is 0 Å². The minimum atomic E-state index is -0.589. The highest BCUT2D eigenvalue weighted by molar-refractivity contribution is 5.83. The lowest BCUT2D eigenvalue weighted by Gasteiger charge is -2.15. The minimum absolute atomic E-state index is 0.203. The van der Waals surface area contributed by atoms with Crippen molar-refractivity contribution < 1.29 is 14.3 Å². The first-order chi connectivity index (χ1) is 17.1. The number of methoxy groups -OCH3 is 1. The molecule has 0 aliphatic heterocycles. The van der Waals surface area contributed by atoms with Crippen LogP contribution >= 0.6 is 0 Å². The fourth-order valence-corrected chi connectivity index (χ4v) is 4.36. The van der Waals surface area contributed by atoms with Crippen molar-refractivity contribution in [3.63, 3.8) is 0 Å². The summed E-state index contributed by atoms with van der Waals surface area (Å²) in [6.07, 6.45) is 2.95. The Morgan fingerprint density at radius 3 is 2.29 bits per heavy atom. The molecule has 0 bridgehead atoms. The molecule has 1 atom stereocenters. The van der Waals surface area contributed by atoms with Gasteiger partial charge in [-0.15, -0.1) is 10.2 Å². The molecule has 1 fully saturated rings. The molecule has 1 unspecified atom stereocenters. The van der Waals surface area contributed by atoms with Crippen molar-refractivity contribution in [2.45, 2.75) is 31.3 Å². The van der Waals surface area contributed by atoms with Crippen molar-refractivity contribution in [1.29, 1.82) is 0 Å². The lowest BCUT2D eigenvalue weighted by atomic mass is 9.94. The molecule has 3 aromatic carbocycles. The summed E-state index contributed by atoms with van der Waals surface area (Å²) in [6.45, 7) is 2.60. The Hall–Kier alpha value is -3.97. The molecule has 7 heteroatoms. The van der Waals surface area contributed by atoms with E-state index >= 15 is 0 Å². The van der Waals surface area contributed by atoms with Crippen LogP contribution in [0.25, 0.3) is 16.8 Å². The van der Waals surface area contributed by atoms with Gasteiger partial charge in [-0.1, -0.05) is 66.7 Å². The number of hydrogen-bond donors (Lipinski definition) is 1. The summed E-state index contributed by atoms with van der Waals surface area (Å²) >= 11 is 0. The molecular formula is C28H28N4O3. The van der Waals surface area contributed by atoms with Crippen molar-refractivity contribution in [1.82, 2.24) is 14.8 Å². The third-order valence-corrected chi connectivity index (χ3v) is 6.56. The Morgan fingerprint density at radius 1 is 1.00 bits per heavy atom. The number of ether oxygens (including phenoxy) is 2. The first-order valence-corrected chi connectivity index (χ1v) is 11.7. The Labute approximate surface area is 204 Å². The van der Waals surface area contributed by atoms with Crippen molar-refractivity contribution in [3.05, 3.63) is 96.3 Å². The molecule has 0 saturated heterocycles. The Bertz CT molecular complexity index is 1280. The van der Waals surface area contributed by atoms with Crippen molar-refractivity contribution in [3.8, 4) is 16.8 Å². The van der Waals surface area contributed by atoms with Gasteiger partial charge in [0, 0.05) is 12.5 Å². The summed E-state index contributed by atoms with van der Waals surface area (Å²) < 4.78 is 12.6. The predicted molar refractivity (Wildman–Crippen MR) is 135 cm³/mol. The zero-order chi connectivity index (χ0) is 24.3. The molecule has 7 nitrogen and oxygen atoms in total. The molecule has 0 spiro atoms. The predicted octanol–water partition coefficient (Wildman–Crippen LogP) is 5.92. The first kappa shape index (κ1) is 22.8. The molecule has 4 aromatic rings. The maximum absolute atomic E-state index is 12.4. The van der Waals surface area contributed by atoms with Crippen LogP contribution in [0.4, 0.5) is 10.7 Å². The molecule has 35 heavy (non-hydrogen) atoms. The standard InChI is InChI=1S/C28H28N4O3/c1-20(21-6-4-3-5-7-21)35-27(33)30-26-31-29-19-32(26)25-14-10-23(11-15-25)22-8-12-24(13-9-22)28(16-17-28)18-34-2/h3-15,19-20H,16-18H2,1-2H3,(H,30,31,33). The highest BCUT2D eigenvalue weighted by Gasteiger charge is 2.44. The molecule has 5 rings (SSSR count). The second-order valence-corrected chi connectivity index (χ2v) is 8.95. The van der Waals surface area contributed by atoms with Gasteiger partial charge in [-0.2, -0.15) is 0 Å². The van der Waals surface area contributed by atoms with Crippen molar-refractivity contribution >= 4 is 12.0 Å². The normalized spacial score (nSPS) is 14.8. The van der Waals surface area contributed by atoms with Gasteiger partial charge in [0.15, 0.2) is 0 Å². The quantitative estimate of drug-likeness (QED) is 0.347. The molecule has 1 aliphatic rings. The topological polar surface area (TPSA) is 78.3 Å². The summed E-state index contributed by atoms with van der Waals surface area (Å²) in [4.78, 5) is 12.4. The largest absolute Gasteiger partial charge is 0.441 e. The fraction of sp³-hybridized carbons (Fsp3) is 0.250. The second-order valence-electron chi connectivity index (χ2n) is 8.95. The van der Waals surface area contributed by atoms with E-state index < -0.39 is 6.09 Å². The van der Waals surface area contributed by atoms with Gasteiger partial charge in [0.1, 0.15) is 12.4 Å². The monoisotopic (exact) mass is 468 g/mol. The van der Waals surface area contributed by atoms with E-state index in [1.807, 2.05) is 61.5 Å². The summed E-state index contributed by atoms with van der Waals surface area (Å²) in [5.41, 5.74) is 5.55. The molecule has 178 valence electrons. The van der Waals surface area contributed by atoms with E-state index in [-0.39, 0.29) is 11.5 Å².